The second-order valence-electron chi connectivity index (χ2n) is 3.23. The summed E-state index contributed by atoms with van der Waals surface area (Å²) >= 11 is 0. The Morgan fingerprint density at radius 2 is 2.31 bits per heavy atom. The van der Waals surface area contributed by atoms with Gasteiger partial charge in [0.05, 0.1) is 6.33 Å². The summed E-state index contributed by atoms with van der Waals surface area (Å²) in [7, 11) is 2.00. The van der Waals surface area contributed by atoms with E-state index in [0.717, 1.165) is 19.5 Å². The quantitative estimate of drug-likeness (QED) is 0.673. The first kappa shape index (κ1) is 10.3. The molecule has 3 heteroatoms. The molecule has 13 heavy (non-hydrogen) atoms. The average Bonchev–Trinajstić information content (AvgIpc) is 2.60. The van der Waals surface area contributed by atoms with Crippen molar-refractivity contribution in [2.75, 3.05) is 13.6 Å². The van der Waals surface area contributed by atoms with E-state index in [1.807, 2.05) is 19.6 Å². The van der Waals surface area contributed by atoms with Crippen molar-refractivity contribution in [1.82, 2.24) is 14.9 Å². The van der Waals surface area contributed by atoms with Gasteiger partial charge in [-0.25, -0.2) is 4.98 Å². The van der Waals surface area contributed by atoms with Crippen LogP contribution in [0, 0.1) is 0 Å². The number of aromatic nitrogens is 2. The number of imidazole rings is 1. The molecule has 0 aliphatic carbocycles. The summed E-state index contributed by atoms with van der Waals surface area (Å²) in [5.74, 6) is 0. The van der Waals surface area contributed by atoms with Crippen molar-refractivity contribution in [3.05, 3.63) is 18.2 Å². The van der Waals surface area contributed by atoms with Crippen molar-refractivity contribution in [3.63, 3.8) is 0 Å². The minimum atomic E-state index is 1.03. The monoisotopic (exact) mass is 181 g/mol. The molecule has 0 aliphatic heterocycles. The van der Waals surface area contributed by atoms with Gasteiger partial charge in [-0.2, -0.15) is 0 Å². The molecule has 0 aromatic carbocycles. The van der Waals surface area contributed by atoms with Crippen LogP contribution in [0.2, 0.25) is 0 Å². The van der Waals surface area contributed by atoms with Crippen LogP contribution in [-0.4, -0.2) is 23.1 Å². The zero-order valence-corrected chi connectivity index (χ0v) is 8.58. The Morgan fingerprint density at radius 1 is 1.46 bits per heavy atom. The molecule has 0 bridgehead atoms. The lowest BCUT2D eigenvalue weighted by Gasteiger charge is -2.04. The second-order valence-corrected chi connectivity index (χ2v) is 3.23. The summed E-state index contributed by atoms with van der Waals surface area (Å²) in [5, 5.41) is 3.15. The van der Waals surface area contributed by atoms with Crippen molar-refractivity contribution in [3.8, 4) is 0 Å². The fraction of sp³-hybridized carbons (Fsp3) is 0.700. The van der Waals surface area contributed by atoms with Crippen molar-refractivity contribution >= 4 is 0 Å². The number of unbranched alkanes of at least 4 members (excludes halogenated alkanes) is 1. The molecule has 1 heterocycles. The Balaban J connectivity index is 2.27. The highest BCUT2D eigenvalue weighted by atomic mass is 15.0. The lowest BCUT2D eigenvalue weighted by atomic mass is 10.2. The predicted octanol–water partition coefficient (Wildman–Crippen LogP) is 1.45. The van der Waals surface area contributed by atoms with Crippen LogP contribution in [-0.2, 0) is 13.0 Å². The lowest BCUT2D eigenvalue weighted by molar-refractivity contribution is 0.639. The van der Waals surface area contributed by atoms with E-state index in [1.54, 1.807) is 0 Å². The van der Waals surface area contributed by atoms with Crippen molar-refractivity contribution in [2.24, 2.45) is 0 Å². The third kappa shape index (κ3) is 3.19. The molecule has 0 radical (unpaired) electrons. The standard InChI is InChI=1S/C10H19N3/c1-3-13-9-12-8-10(13)6-4-5-7-11-2/h8-9,11H,3-7H2,1-2H3. The Bertz CT molecular complexity index is 230. The topological polar surface area (TPSA) is 29.9 Å². The fourth-order valence-electron chi connectivity index (χ4n) is 1.45. The van der Waals surface area contributed by atoms with Gasteiger partial charge in [0.15, 0.2) is 0 Å². The van der Waals surface area contributed by atoms with Gasteiger partial charge < -0.3 is 9.88 Å². The molecular weight excluding hydrogens is 162 g/mol. The molecule has 3 nitrogen and oxygen atoms in total. The largest absolute Gasteiger partial charge is 0.335 e. The minimum absolute atomic E-state index is 1.03. The third-order valence-electron chi connectivity index (χ3n) is 2.25. The van der Waals surface area contributed by atoms with Crippen molar-refractivity contribution in [2.45, 2.75) is 32.7 Å². The van der Waals surface area contributed by atoms with Crippen LogP contribution in [0.25, 0.3) is 0 Å². The molecule has 1 aromatic rings. The maximum absolute atomic E-state index is 4.14. The summed E-state index contributed by atoms with van der Waals surface area (Å²) in [6, 6.07) is 0. The Morgan fingerprint density at radius 3 is 3.00 bits per heavy atom. The highest BCUT2D eigenvalue weighted by Crippen LogP contribution is 2.04. The zero-order valence-electron chi connectivity index (χ0n) is 8.58. The Labute approximate surface area is 80.2 Å². The summed E-state index contributed by atoms with van der Waals surface area (Å²) in [6.07, 6.45) is 7.52. The molecule has 1 N–H and O–H groups in total. The van der Waals surface area contributed by atoms with E-state index in [1.165, 1.54) is 18.5 Å². The van der Waals surface area contributed by atoms with Gasteiger partial charge in [-0.15, -0.1) is 0 Å². The van der Waals surface area contributed by atoms with Gasteiger partial charge in [0.1, 0.15) is 0 Å². The van der Waals surface area contributed by atoms with E-state index in [4.69, 9.17) is 0 Å². The van der Waals surface area contributed by atoms with Crippen LogP contribution < -0.4 is 5.32 Å². The lowest BCUT2D eigenvalue weighted by Crippen LogP contribution is -2.08. The zero-order chi connectivity index (χ0) is 9.52. The molecule has 74 valence electrons. The average molecular weight is 181 g/mol. The Hall–Kier alpha value is -0.830. The van der Waals surface area contributed by atoms with E-state index in [0.29, 0.717) is 0 Å². The Kier molecular flexibility index (Phi) is 4.54. The van der Waals surface area contributed by atoms with Crippen LogP contribution >= 0.6 is 0 Å². The fourth-order valence-corrected chi connectivity index (χ4v) is 1.45. The van der Waals surface area contributed by atoms with Crippen LogP contribution in [0.1, 0.15) is 25.5 Å². The molecule has 1 rings (SSSR count). The minimum Gasteiger partial charge on any atom is -0.335 e. The summed E-state index contributed by atoms with van der Waals surface area (Å²) in [6.45, 7) is 4.29. The summed E-state index contributed by atoms with van der Waals surface area (Å²) in [4.78, 5) is 4.14. The highest BCUT2D eigenvalue weighted by molar-refractivity contribution is 4.98. The van der Waals surface area contributed by atoms with Crippen molar-refractivity contribution < 1.29 is 0 Å². The molecular formula is C10H19N3. The molecule has 0 unspecified atom stereocenters. The van der Waals surface area contributed by atoms with E-state index in [-0.39, 0.29) is 0 Å². The van der Waals surface area contributed by atoms with Crippen LogP contribution in [0.5, 0.6) is 0 Å². The van der Waals surface area contributed by atoms with Gasteiger partial charge in [0.25, 0.3) is 0 Å². The first-order valence-corrected chi connectivity index (χ1v) is 5.02. The number of hydrogen-bond donors (Lipinski definition) is 1. The highest BCUT2D eigenvalue weighted by Gasteiger charge is 1.98. The van der Waals surface area contributed by atoms with Crippen molar-refractivity contribution in [1.29, 1.82) is 0 Å². The SMILES string of the molecule is CCn1cncc1CCCCNC. The van der Waals surface area contributed by atoms with E-state index < -0.39 is 0 Å². The van der Waals surface area contributed by atoms with Gasteiger partial charge >= 0.3 is 0 Å². The van der Waals surface area contributed by atoms with Crippen LogP contribution in [0.4, 0.5) is 0 Å². The first-order chi connectivity index (χ1) is 6.38. The number of nitrogens with zero attached hydrogens (tertiary/aromatic N) is 2. The first-order valence-electron chi connectivity index (χ1n) is 5.02. The van der Waals surface area contributed by atoms with Crippen LogP contribution in [0.3, 0.4) is 0 Å². The molecule has 0 fully saturated rings. The summed E-state index contributed by atoms with van der Waals surface area (Å²) in [5.41, 5.74) is 1.36. The number of nitrogens with one attached hydrogen (secondary N) is 1. The number of aryl methyl sites for hydroxylation is 2. The molecule has 0 atom stereocenters. The van der Waals surface area contributed by atoms with Gasteiger partial charge in [0.2, 0.25) is 0 Å². The smallest absolute Gasteiger partial charge is 0.0948 e. The summed E-state index contributed by atoms with van der Waals surface area (Å²) < 4.78 is 2.21. The molecule has 0 spiro atoms. The molecule has 1 aromatic heterocycles. The molecule has 0 saturated heterocycles. The maximum atomic E-state index is 4.14. The molecule has 0 saturated carbocycles. The van der Waals surface area contributed by atoms with E-state index in [9.17, 15) is 0 Å². The second kappa shape index (κ2) is 5.75. The van der Waals surface area contributed by atoms with Gasteiger partial charge in [0, 0.05) is 18.4 Å². The van der Waals surface area contributed by atoms with Gasteiger partial charge in [-0.1, -0.05) is 0 Å². The number of rotatable bonds is 6. The van der Waals surface area contributed by atoms with E-state index in [2.05, 4.69) is 21.8 Å². The number of hydrogen-bond acceptors (Lipinski definition) is 2. The molecule has 0 aliphatic rings. The van der Waals surface area contributed by atoms with Gasteiger partial charge in [-0.3, -0.25) is 0 Å². The third-order valence-corrected chi connectivity index (χ3v) is 2.25. The van der Waals surface area contributed by atoms with Gasteiger partial charge in [-0.05, 0) is 39.8 Å². The predicted molar refractivity (Wildman–Crippen MR) is 54.8 cm³/mol. The normalized spacial score (nSPS) is 10.6. The maximum Gasteiger partial charge on any atom is 0.0948 e. The van der Waals surface area contributed by atoms with E-state index >= 15 is 0 Å². The molecule has 0 amide bonds. The van der Waals surface area contributed by atoms with Crippen LogP contribution in [0.15, 0.2) is 12.5 Å².